The van der Waals surface area contributed by atoms with E-state index in [1.54, 1.807) is 18.7 Å². The highest BCUT2D eigenvalue weighted by Gasteiger charge is 2.11. The molecule has 0 amide bonds. The van der Waals surface area contributed by atoms with Crippen LogP contribution in [-0.2, 0) is 0 Å². The molecule has 1 atom stereocenters. The van der Waals surface area contributed by atoms with E-state index in [0.29, 0.717) is 17.5 Å². The molecule has 64 valence electrons. The Hall–Kier alpha value is -0.950. The SMILES string of the molecule is C#CCSC(C)c1nc(C)no1. The number of aryl methyl sites for hydroxylation is 1. The Bertz CT molecular complexity index is 289. The molecule has 3 nitrogen and oxygen atoms in total. The quantitative estimate of drug-likeness (QED) is 0.668. The van der Waals surface area contributed by atoms with Gasteiger partial charge in [0.15, 0.2) is 5.82 Å². The maximum absolute atomic E-state index is 5.12. The predicted octanol–water partition coefficient (Wildman–Crippen LogP) is 1.81. The average molecular weight is 182 g/mol. The fourth-order valence-electron chi connectivity index (χ4n) is 0.723. The fourth-order valence-corrected chi connectivity index (χ4v) is 1.31. The zero-order valence-corrected chi connectivity index (χ0v) is 7.89. The summed E-state index contributed by atoms with van der Waals surface area (Å²) in [6, 6.07) is 0. The van der Waals surface area contributed by atoms with Crippen molar-refractivity contribution in [3.05, 3.63) is 11.7 Å². The van der Waals surface area contributed by atoms with E-state index >= 15 is 0 Å². The van der Waals surface area contributed by atoms with Crippen molar-refractivity contribution in [1.82, 2.24) is 10.1 Å². The molecule has 4 heteroatoms. The summed E-state index contributed by atoms with van der Waals surface area (Å²) in [6.45, 7) is 3.79. The van der Waals surface area contributed by atoms with Gasteiger partial charge < -0.3 is 4.52 Å². The van der Waals surface area contributed by atoms with E-state index < -0.39 is 0 Å². The molecule has 1 heterocycles. The van der Waals surface area contributed by atoms with Crippen molar-refractivity contribution >= 4 is 11.8 Å². The second kappa shape index (κ2) is 4.17. The highest BCUT2D eigenvalue weighted by molar-refractivity contribution is 7.99. The van der Waals surface area contributed by atoms with Gasteiger partial charge in [0, 0.05) is 0 Å². The molecule has 1 unspecified atom stereocenters. The van der Waals surface area contributed by atoms with E-state index in [1.165, 1.54) is 0 Å². The maximum Gasteiger partial charge on any atom is 0.239 e. The zero-order valence-electron chi connectivity index (χ0n) is 7.07. The van der Waals surface area contributed by atoms with Crippen LogP contribution in [0.5, 0.6) is 0 Å². The molecule has 12 heavy (non-hydrogen) atoms. The Morgan fingerprint density at radius 3 is 3.00 bits per heavy atom. The summed E-state index contributed by atoms with van der Waals surface area (Å²) in [5.74, 6) is 4.53. The van der Waals surface area contributed by atoms with E-state index in [4.69, 9.17) is 10.9 Å². The molecule has 0 fully saturated rings. The molecule has 0 aliphatic carbocycles. The molecule has 1 aromatic rings. The Balaban J connectivity index is 2.54. The van der Waals surface area contributed by atoms with Gasteiger partial charge in [0.05, 0.1) is 11.0 Å². The topological polar surface area (TPSA) is 38.9 Å². The van der Waals surface area contributed by atoms with Crippen LogP contribution in [0.2, 0.25) is 0 Å². The predicted molar refractivity (Wildman–Crippen MR) is 48.7 cm³/mol. The van der Waals surface area contributed by atoms with Crippen LogP contribution in [0, 0.1) is 19.3 Å². The number of rotatable bonds is 3. The van der Waals surface area contributed by atoms with Gasteiger partial charge in [-0.2, -0.15) is 4.98 Å². The molecule has 1 aromatic heterocycles. The van der Waals surface area contributed by atoms with Crippen LogP contribution in [0.3, 0.4) is 0 Å². The van der Waals surface area contributed by atoms with E-state index in [1.807, 2.05) is 6.92 Å². The number of thioether (sulfide) groups is 1. The third-order valence-corrected chi connectivity index (χ3v) is 2.34. The highest BCUT2D eigenvalue weighted by atomic mass is 32.2. The standard InChI is InChI=1S/C8H10N2OS/c1-4-5-12-6(2)8-9-7(3)10-11-8/h1,6H,5H2,2-3H3. The van der Waals surface area contributed by atoms with Gasteiger partial charge in [-0.3, -0.25) is 0 Å². The van der Waals surface area contributed by atoms with Gasteiger partial charge in [-0.15, -0.1) is 18.2 Å². The van der Waals surface area contributed by atoms with E-state index in [2.05, 4.69) is 16.1 Å². The minimum atomic E-state index is 0.183. The van der Waals surface area contributed by atoms with Gasteiger partial charge in [0.25, 0.3) is 0 Å². The highest BCUT2D eigenvalue weighted by Crippen LogP contribution is 2.25. The van der Waals surface area contributed by atoms with Gasteiger partial charge in [-0.25, -0.2) is 0 Å². The summed E-state index contributed by atoms with van der Waals surface area (Å²) < 4.78 is 4.97. The third kappa shape index (κ3) is 2.28. The molecule has 0 radical (unpaired) electrons. The van der Waals surface area contributed by atoms with Crippen molar-refractivity contribution in [2.24, 2.45) is 0 Å². The number of aromatic nitrogens is 2. The average Bonchev–Trinajstić information content (AvgIpc) is 2.47. The molecular weight excluding hydrogens is 172 g/mol. The van der Waals surface area contributed by atoms with Crippen LogP contribution >= 0.6 is 11.8 Å². The largest absolute Gasteiger partial charge is 0.338 e. The van der Waals surface area contributed by atoms with Crippen molar-refractivity contribution in [3.63, 3.8) is 0 Å². The van der Waals surface area contributed by atoms with Gasteiger partial charge in [0.2, 0.25) is 5.89 Å². The van der Waals surface area contributed by atoms with Gasteiger partial charge in [0.1, 0.15) is 0 Å². The lowest BCUT2D eigenvalue weighted by atomic mass is 10.5. The van der Waals surface area contributed by atoms with E-state index in [0.717, 1.165) is 0 Å². The molecule has 0 aliphatic rings. The molecule has 0 N–H and O–H groups in total. The summed E-state index contributed by atoms with van der Waals surface area (Å²) in [4.78, 5) is 4.10. The number of hydrogen-bond donors (Lipinski definition) is 0. The monoisotopic (exact) mass is 182 g/mol. The third-order valence-electron chi connectivity index (χ3n) is 1.31. The smallest absolute Gasteiger partial charge is 0.239 e. The molecule has 0 aromatic carbocycles. The molecule has 0 saturated carbocycles. The molecule has 0 saturated heterocycles. The first-order valence-electron chi connectivity index (χ1n) is 3.59. The van der Waals surface area contributed by atoms with Crippen molar-refractivity contribution in [3.8, 4) is 12.3 Å². The van der Waals surface area contributed by atoms with E-state index in [9.17, 15) is 0 Å². The number of terminal acetylenes is 1. The fraction of sp³-hybridized carbons (Fsp3) is 0.500. The first-order chi connectivity index (χ1) is 5.74. The molecule has 1 rings (SSSR count). The first-order valence-corrected chi connectivity index (χ1v) is 4.64. The molecule has 0 spiro atoms. The lowest BCUT2D eigenvalue weighted by Gasteiger charge is -2.01. The molecule has 0 aliphatic heterocycles. The molecule has 0 bridgehead atoms. The summed E-state index contributed by atoms with van der Waals surface area (Å²) in [7, 11) is 0. The Morgan fingerprint density at radius 1 is 1.75 bits per heavy atom. The van der Waals surface area contributed by atoms with Crippen LogP contribution in [0.4, 0.5) is 0 Å². The Morgan fingerprint density at radius 2 is 2.50 bits per heavy atom. The number of nitrogens with zero attached hydrogens (tertiary/aromatic N) is 2. The van der Waals surface area contributed by atoms with Gasteiger partial charge in [-0.05, 0) is 13.8 Å². The summed E-state index contributed by atoms with van der Waals surface area (Å²) in [5.41, 5.74) is 0. The van der Waals surface area contributed by atoms with Crippen LogP contribution in [0.1, 0.15) is 23.9 Å². The first kappa shape index (κ1) is 9.14. The summed E-state index contributed by atoms with van der Waals surface area (Å²) in [5, 5.41) is 3.88. The van der Waals surface area contributed by atoms with Crippen LogP contribution < -0.4 is 0 Å². The van der Waals surface area contributed by atoms with Crippen LogP contribution in [0.15, 0.2) is 4.52 Å². The Labute approximate surface area is 75.9 Å². The minimum Gasteiger partial charge on any atom is -0.338 e. The van der Waals surface area contributed by atoms with Crippen molar-refractivity contribution in [2.75, 3.05) is 5.75 Å². The second-order valence-corrected chi connectivity index (χ2v) is 3.67. The molecular formula is C8H10N2OS. The summed E-state index contributed by atoms with van der Waals surface area (Å²) in [6.07, 6.45) is 5.12. The maximum atomic E-state index is 5.12. The van der Waals surface area contributed by atoms with Crippen molar-refractivity contribution < 1.29 is 4.52 Å². The minimum absolute atomic E-state index is 0.183. The zero-order chi connectivity index (χ0) is 8.97. The van der Waals surface area contributed by atoms with Crippen molar-refractivity contribution in [1.29, 1.82) is 0 Å². The van der Waals surface area contributed by atoms with Crippen LogP contribution in [-0.4, -0.2) is 15.9 Å². The second-order valence-electron chi connectivity index (χ2n) is 2.34. The van der Waals surface area contributed by atoms with E-state index in [-0.39, 0.29) is 5.25 Å². The lowest BCUT2D eigenvalue weighted by Crippen LogP contribution is -1.89. The normalized spacial score (nSPS) is 12.4. The van der Waals surface area contributed by atoms with Crippen LogP contribution in [0.25, 0.3) is 0 Å². The number of hydrogen-bond acceptors (Lipinski definition) is 4. The van der Waals surface area contributed by atoms with Crippen molar-refractivity contribution in [2.45, 2.75) is 19.1 Å². The van der Waals surface area contributed by atoms with Gasteiger partial charge in [-0.1, -0.05) is 11.1 Å². The van der Waals surface area contributed by atoms with Gasteiger partial charge >= 0.3 is 0 Å². The lowest BCUT2D eigenvalue weighted by molar-refractivity contribution is 0.376. The summed E-state index contributed by atoms with van der Waals surface area (Å²) >= 11 is 1.61. The Kier molecular flexibility index (Phi) is 3.18.